The molecule has 3 rings (SSSR count). The Morgan fingerprint density at radius 3 is 2.40 bits per heavy atom. The van der Waals surface area contributed by atoms with E-state index >= 15 is 0 Å². The van der Waals surface area contributed by atoms with Gasteiger partial charge in [0, 0.05) is 17.3 Å². The van der Waals surface area contributed by atoms with Crippen LogP contribution in [0.3, 0.4) is 0 Å². The molecule has 4 nitrogen and oxygen atoms in total. The van der Waals surface area contributed by atoms with Crippen LogP contribution in [0.5, 0.6) is 0 Å². The van der Waals surface area contributed by atoms with Crippen molar-refractivity contribution in [1.82, 2.24) is 4.90 Å². The van der Waals surface area contributed by atoms with Crippen molar-refractivity contribution in [3.63, 3.8) is 0 Å². The van der Waals surface area contributed by atoms with Crippen LogP contribution in [-0.4, -0.2) is 17.4 Å². The Balaban J connectivity index is 1.65. The van der Waals surface area contributed by atoms with E-state index in [0.29, 0.717) is 18.1 Å². The van der Waals surface area contributed by atoms with Gasteiger partial charge in [0.1, 0.15) is 5.76 Å². The van der Waals surface area contributed by atoms with Crippen molar-refractivity contribution in [2.24, 2.45) is 0 Å². The van der Waals surface area contributed by atoms with Gasteiger partial charge < -0.3 is 9.73 Å². The van der Waals surface area contributed by atoms with Crippen molar-refractivity contribution in [2.75, 3.05) is 11.9 Å². The molecule has 1 amide bonds. The third-order valence-electron chi connectivity index (χ3n) is 3.70. The van der Waals surface area contributed by atoms with Gasteiger partial charge in [0.05, 0.1) is 19.4 Å². The van der Waals surface area contributed by atoms with E-state index in [1.165, 1.54) is 0 Å². The van der Waals surface area contributed by atoms with Crippen molar-refractivity contribution in [1.29, 1.82) is 0 Å². The molecule has 0 aliphatic carbocycles. The maximum absolute atomic E-state index is 12.4. The lowest BCUT2D eigenvalue weighted by Gasteiger charge is -2.21. The molecule has 2 aromatic carbocycles. The molecule has 0 spiro atoms. The Morgan fingerprint density at radius 2 is 1.72 bits per heavy atom. The molecule has 0 atom stereocenters. The molecule has 1 aromatic heterocycles. The summed E-state index contributed by atoms with van der Waals surface area (Å²) in [6.07, 6.45) is 1.64. The van der Waals surface area contributed by atoms with Crippen LogP contribution in [0.4, 0.5) is 5.69 Å². The number of furan rings is 1. The summed E-state index contributed by atoms with van der Waals surface area (Å²) in [7, 11) is 0. The van der Waals surface area contributed by atoms with Crippen molar-refractivity contribution >= 4 is 23.2 Å². The van der Waals surface area contributed by atoms with E-state index in [0.717, 1.165) is 17.0 Å². The monoisotopic (exact) mass is 354 g/mol. The van der Waals surface area contributed by atoms with Crippen LogP contribution in [0.2, 0.25) is 5.02 Å². The van der Waals surface area contributed by atoms with Crippen molar-refractivity contribution in [3.05, 3.63) is 89.3 Å². The number of benzene rings is 2. The van der Waals surface area contributed by atoms with Crippen molar-refractivity contribution in [3.8, 4) is 0 Å². The zero-order valence-electron chi connectivity index (χ0n) is 13.7. The molecule has 25 heavy (non-hydrogen) atoms. The molecule has 5 heteroatoms. The summed E-state index contributed by atoms with van der Waals surface area (Å²) in [6, 6.07) is 20.9. The molecule has 3 aromatic rings. The molecule has 0 aliphatic heterocycles. The van der Waals surface area contributed by atoms with Crippen LogP contribution in [0.15, 0.2) is 77.4 Å². The Bertz CT molecular complexity index is 786. The number of hydrogen-bond acceptors (Lipinski definition) is 3. The maximum atomic E-state index is 12.4. The van der Waals surface area contributed by atoms with Gasteiger partial charge in [0.2, 0.25) is 5.91 Å². The van der Waals surface area contributed by atoms with Gasteiger partial charge >= 0.3 is 0 Å². The number of halogens is 1. The van der Waals surface area contributed by atoms with Crippen LogP contribution in [-0.2, 0) is 17.9 Å². The first-order valence-electron chi connectivity index (χ1n) is 8.03. The topological polar surface area (TPSA) is 45.5 Å². The summed E-state index contributed by atoms with van der Waals surface area (Å²) in [5.74, 6) is 0.750. The minimum atomic E-state index is -0.0789. The van der Waals surface area contributed by atoms with Gasteiger partial charge in [-0.1, -0.05) is 41.9 Å². The van der Waals surface area contributed by atoms with Crippen LogP contribution in [0, 0.1) is 0 Å². The highest BCUT2D eigenvalue weighted by Gasteiger charge is 2.13. The fourth-order valence-corrected chi connectivity index (χ4v) is 2.70. The van der Waals surface area contributed by atoms with Gasteiger partial charge in [0.25, 0.3) is 0 Å². The lowest BCUT2D eigenvalue weighted by molar-refractivity contribution is -0.117. The summed E-state index contributed by atoms with van der Waals surface area (Å²) < 4.78 is 5.43. The zero-order chi connectivity index (χ0) is 17.5. The van der Waals surface area contributed by atoms with Crippen LogP contribution < -0.4 is 5.32 Å². The molecule has 0 fully saturated rings. The Labute approximate surface area is 152 Å². The molecular weight excluding hydrogens is 336 g/mol. The predicted molar refractivity (Wildman–Crippen MR) is 99.3 cm³/mol. The number of anilines is 1. The number of rotatable bonds is 7. The summed E-state index contributed by atoms with van der Waals surface area (Å²) in [4.78, 5) is 14.5. The minimum absolute atomic E-state index is 0.0789. The Kier molecular flexibility index (Phi) is 5.88. The van der Waals surface area contributed by atoms with Crippen molar-refractivity contribution in [2.45, 2.75) is 13.1 Å². The molecule has 0 aliphatic rings. The van der Waals surface area contributed by atoms with E-state index in [9.17, 15) is 4.79 Å². The number of carbonyl (C=O) groups is 1. The van der Waals surface area contributed by atoms with Gasteiger partial charge in [0.15, 0.2) is 0 Å². The number of nitrogens with zero attached hydrogens (tertiary/aromatic N) is 1. The average molecular weight is 355 g/mol. The summed E-state index contributed by atoms with van der Waals surface area (Å²) in [5.41, 5.74) is 1.88. The number of carbonyl (C=O) groups excluding carboxylic acids is 1. The third-order valence-corrected chi connectivity index (χ3v) is 3.96. The van der Waals surface area contributed by atoms with E-state index in [4.69, 9.17) is 16.0 Å². The minimum Gasteiger partial charge on any atom is -0.468 e. The quantitative estimate of drug-likeness (QED) is 0.675. The summed E-state index contributed by atoms with van der Waals surface area (Å²) in [5, 5.41) is 3.54. The normalized spacial score (nSPS) is 10.8. The highest BCUT2D eigenvalue weighted by Crippen LogP contribution is 2.14. The van der Waals surface area contributed by atoms with Crippen molar-refractivity contribution < 1.29 is 9.21 Å². The molecule has 0 bridgehead atoms. The first-order chi connectivity index (χ1) is 12.2. The molecule has 1 N–H and O–H groups in total. The van der Waals surface area contributed by atoms with Gasteiger partial charge in [-0.25, -0.2) is 0 Å². The first-order valence-corrected chi connectivity index (χ1v) is 8.41. The van der Waals surface area contributed by atoms with Gasteiger partial charge in [-0.3, -0.25) is 9.69 Å². The standard InChI is InChI=1S/C20H19ClN2O2/c21-17-8-10-18(11-9-17)22-20(24)15-23(14-19-7-4-12-25-19)13-16-5-2-1-3-6-16/h1-12H,13-15H2,(H,22,24). The lowest BCUT2D eigenvalue weighted by atomic mass is 10.2. The smallest absolute Gasteiger partial charge is 0.238 e. The third kappa shape index (κ3) is 5.48. The van der Waals surface area contributed by atoms with Gasteiger partial charge in [-0.2, -0.15) is 0 Å². The molecule has 0 saturated carbocycles. The first kappa shape index (κ1) is 17.3. The van der Waals surface area contributed by atoms with E-state index in [1.54, 1.807) is 30.5 Å². The second kappa shape index (κ2) is 8.51. The fraction of sp³-hybridized carbons (Fsp3) is 0.150. The number of hydrogen-bond donors (Lipinski definition) is 1. The average Bonchev–Trinajstić information content (AvgIpc) is 3.11. The number of amides is 1. The van der Waals surface area contributed by atoms with E-state index < -0.39 is 0 Å². The molecular formula is C20H19ClN2O2. The highest BCUT2D eigenvalue weighted by atomic mass is 35.5. The Morgan fingerprint density at radius 1 is 0.960 bits per heavy atom. The second-order valence-electron chi connectivity index (χ2n) is 5.77. The fourth-order valence-electron chi connectivity index (χ4n) is 2.57. The van der Waals surface area contributed by atoms with E-state index in [1.807, 2.05) is 47.4 Å². The summed E-state index contributed by atoms with van der Waals surface area (Å²) >= 11 is 5.87. The van der Waals surface area contributed by atoms with Crippen LogP contribution in [0.1, 0.15) is 11.3 Å². The zero-order valence-corrected chi connectivity index (χ0v) is 14.4. The van der Waals surface area contributed by atoms with Gasteiger partial charge in [-0.05, 0) is 42.0 Å². The van der Waals surface area contributed by atoms with Gasteiger partial charge in [-0.15, -0.1) is 0 Å². The molecule has 0 saturated heterocycles. The lowest BCUT2D eigenvalue weighted by Crippen LogP contribution is -2.32. The predicted octanol–water partition coefficient (Wildman–Crippen LogP) is 4.57. The summed E-state index contributed by atoms with van der Waals surface area (Å²) in [6.45, 7) is 1.49. The largest absolute Gasteiger partial charge is 0.468 e. The molecule has 128 valence electrons. The van der Waals surface area contributed by atoms with E-state index in [2.05, 4.69) is 5.32 Å². The molecule has 1 heterocycles. The van der Waals surface area contributed by atoms with E-state index in [-0.39, 0.29) is 12.5 Å². The highest BCUT2D eigenvalue weighted by molar-refractivity contribution is 6.30. The van der Waals surface area contributed by atoms with Crippen LogP contribution in [0.25, 0.3) is 0 Å². The SMILES string of the molecule is O=C(CN(Cc1ccccc1)Cc1ccco1)Nc1ccc(Cl)cc1. The maximum Gasteiger partial charge on any atom is 0.238 e. The van der Waals surface area contributed by atoms with Crippen LogP contribution >= 0.6 is 11.6 Å². The Hall–Kier alpha value is -2.56. The molecule has 0 radical (unpaired) electrons. The number of nitrogens with one attached hydrogen (secondary N) is 1. The second-order valence-corrected chi connectivity index (χ2v) is 6.20. The molecule has 0 unspecified atom stereocenters.